The smallest absolute Gasteiger partial charge is 0.348 e. The SMILES string of the molecule is COC(=O)c1cc(-c2nc(-c3ccc(NS(=O)(=O)c4ccccc4)cc3)cs2)c(SC)s1. The summed E-state index contributed by atoms with van der Waals surface area (Å²) in [5.74, 6) is -0.359. The van der Waals surface area contributed by atoms with Gasteiger partial charge in [0.05, 0.1) is 21.9 Å². The van der Waals surface area contributed by atoms with Gasteiger partial charge in [0.15, 0.2) is 0 Å². The number of thioether (sulfide) groups is 1. The van der Waals surface area contributed by atoms with E-state index in [9.17, 15) is 13.2 Å². The van der Waals surface area contributed by atoms with Crippen LogP contribution in [0.3, 0.4) is 0 Å². The zero-order chi connectivity index (χ0) is 22.7. The van der Waals surface area contributed by atoms with Crippen molar-refractivity contribution in [2.24, 2.45) is 0 Å². The Kier molecular flexibility index (Phi) is 6.66. The second kappa shape index (κ2) is 9.45. The van der Waals surface area contributed by atoms with E-state index in [1.807, 2.05) is 29.8 Å². The lowest BCUT2D eigenvalue weighted by Crippen LogP contribution is -2.12. The average molecular weight is 503 g/mol. The van der Waals surface area contributed by atoms with E-state index >= 15 is 0 Å². The number of carbonyl (C=O) groups excluding carboxylic acids is 1. The number of hydrogen-bond acceptors (Lipinski definition) is 8. The number of nitrogens with zero attached hydrogens (tertiary/aromatic N) is 1. The number of hydrogen-bond donors (Lipinski definition) is 1. The molecule has 0 saturated carbocycles. The molecule has 0 amide bonds. The Morgan fingerprint density at radius 1 is 1.09 bits per heavy atom. The Bertz CT molecular complexity index is 1340. The predicted octanol–water partition coefficient (Wildman–Crippen LogP) is 5.85. The third-order valence-corrected chi connectivity index (χ3v) is 9.01. The van der Waals surface area contributed by atoms with Gasteiger partial charge in [-0.25, -0.2) is 18.2 Å². The third kappa shape index (κ3) is 4.73. The number of nitrogens with one attached hydrogen (secondary N) is 1. The molecule has 0 bridgehead atoms. The van der Waals surface area contributed by atoms with Gasteiger partial charge in [0.25, 0.3) is 10.0 Å². The molecule has 0 aliphatic heterocycles. The van der Waals surface area contributed by atoms with Crippen LogP contribution in [-0.2, 0) is 14.8 Å². The third-order valence-electron chi connectivity index (χ3n) is 4.49. The molecule has 4 aromatic rings. The maximum Gasteiger partial charge on any atom is 0.348 e. The maximum absolute atomic E-state index is 12.5. The zero-order valence-electron chi connectivity index (χ0n) is 17.1. The fourth-order valence-corrected chi connectivity index (χ4v) is 6.78. The van der Waals surface area contributed by atoms with Crippen molar-refractivity contribution in [3.63, 3.8) is 0 Å². The maximum atomic E-state index is 12.5. The molecule has 0 aliphatic rings. The Hall–Kier alpha value is -2.66. The summed E-state index contributed by atoms with van der Waals surface area (Å²) in [6, 6.07) is 17.1. The monoisotopic (exact) mass is 502 g/mol. The molecule has 6 nitrogen and oxygen atoms in total. The molecule has 0 unspecified atom stereocenters. The number of thiophene rings is 1. The zero-order valence-corrected chi connectivity index (χ0v) is 20.3. The number of sulfonamides is 1. The summed E-state index contributed by atoms with van der Waals surface area (Å²) in [5.41, 5.74) is 3.02. The predicted molar refractivity (Wildman–Crippen MR) is 131 cm³/mol. The van der Waals surface area contributed by atoms with Crippen molar-refractivity contribution < 1.29 is 17.9 Å². The number of thiazole rings is 1. The first-order valence-corrected chi connectivity index (χ1v) is 13.7. The molecule has 0 fully saturated rings. The highest BCUT2D eigenvalue weighted by molar-refractivity contribution is 8.00. The minimum atomic E-state index is -3.64. The summed E-state index contributed by atoms with van der Waals surface area (Å²) < 4.78 is 33.4. The van der Waals surface area contributed by atoms with Gasteiger partial charge in [0.2, 0.25) is 0 Å². The minimum Gasteiger partial charge on any atom is -0.465 e. The highest BCUT2D eigenvalue weighted by Crippen LogP contribution is 2.40. The van der Waals surface area contributed by atoms with E-state index in [1.54, 1.807) is 54.2 Å². The van der Waals surface area contributed by atoms with Gasteiger partial charge in [0, 0.05) is 22.2 Å². The van der Waals surface area contributed by atoms with Crippen LogP contribution in [-0.4, -0.2) is 32.7 Å². The van der Waals surface area contributed by atoms with Gasteiger partial charge in [-0.15, -0.1) is 34.4 Å². The Labute approximate surface area is 198 Å². The van der Waals surface area contributed by atoms with Crippen molar-refractivity contribution >= 4 is 56.1 Å². The quantitative estimate of drug-likeness (QED) is 0.252. The van der Waals surface area contributed by atoms with Crippen molar-refractivity contribution in [3.8, 4) is 21.8 Å². The van der Waals surface area contributed by atoms with Crippen LogP contribution in [0, 0.1) is 0 Å². The first-order chi connectivity index (χ1) is 15.4. The van der Waals surface area contributed by atoms with Crippen LogP contribution >= 0.6 is 34.4 Å². The Morgan fingerprint density at radius 3 is 2.47 bits per heavy atom. The van der Waals surface area contributed by atoms with Gasteiger partial charge in [-0.2, -0.15) is 0 Å². The second-order valence-electron chi connectivity index (χ2n) is 6.54. The molecule has 164 valence electrons. The summed E-state index contributed by atoms with van der Waals surface area (Å²) in [5, 5.41) is 2.75. The van der Waals surface area contributed by atoms with Crippen LogP contribution in [0.25, 0.3) is 21.8 Å². The van der Waals surface area contributed by atoms with E-state index in [0.29, 0.717) is 10.6 Å². The number of methoxy groups -OCH3 is 1. The van der Waals surface area contributed by atoms with E-state index in [2.05, 4.69) is 4.72 Å². The van der Waals surface area contributed by atoms with Gasteiger partial charge in [-0.1, -0.05) is 30.3 Å². The first kappa shape index (κ1) is 22.5. The second-order valence-corrected chi connectivity index (χ2v) is 11.2. The molecule has 2 aromatic carbocycles. The summed E-state index contributed by atoms with van der Waals surface area (Å²) in [6.07, 6.45) is 1.96. The topological polar surface area (TPSA) is 85.4 Å². The van der Waals surface area contributed by atoms with Gasteiger partial charge >= 0.3 is 5.97 Å². The van der Waals surface area contributed by atoms with Crippen LogP contribution in [0.2, 0.25) is 0 Å². The minimum absolute atomic E-state index is 0.208. The number of rotatable bonds is 7. The lowest BCUT2D eigenvalue weighted by atomic mass is 10.1. The normalized spacial score (nSPS) is 11.3. The number of aromatic nitrogens is 1. The van der Waals surface area contributed by atoms with Crippen molar-refractivity contribution in [2.45, 2.75) is 9.10 Å². The molecule has 2 heterocycles. The fourth-order valence-electron chi connectivity index (χ4n) is 2.93. The summed E-state index contributed by atoms with van der Waals surface area (Å²) in [6.45, 7) is 0. The van der Waals surface area contributed by atoms with E-state index in [4.69, 9.17) is 9.72 Å². The van der Waals surface area contributed by atoms with Gasteiger partial charge in [-0.3, -0.25) is 4.72 Å². The van der Waals surface area contributed by atoms with E-state index in [-0.39, 0.29) is 10.9 Å². The van der Waals surface area contributed by atoms with Crippen molar-refractivity contribution in [3.05, 3.63) is 70.9 Å². The van der Waals surface area contributed by atoms with Crippen LogP contribution in [0.4, 0.5) is 5.69 Å². The van der Waals surface area contributed by atoms with Crippen LogP contribution < -0.4 is 4.72 Å². The number of carbonyl (C=O) groups is 1. The molecule has 0 saturated heterocycles. The van der Waals surface area contributed by atoms with Gasteiger partial charge < -0.3 is 4.74 Å². The van der Waals surface area contributed by atoms with Crippen LogP contribution in [0.1, 0.15) is 9.67 Å². The van der Waals surface area contributed by atoms with Crippen LogP contribution in [0.5, 0.6) is 0 Å². The van der Waals surface area contributed by atoms with E-state index in [0.717, 1.165) is 26.0 Å². The molecule has 0 spiro atoms. The van der Waals surface area contributed by atoms with E-state index in [1.165, 1.54) is 29.8 Å². The highest BCUT2D eigenvalue weighted by Gasteiger charge is 2.19. The van der Waals surface area contributed by atoms with E-state index < -0.39 is 10.0 Å². The van der Waals surface area contributed by atoms with Gasteiger partial charge in [0.1, 0.15) is 9.88 Å². The standard InChI is InChI=1S/C22H18N2O4S4/c1-28-21(25)19-12-17(22(29-2)31-19)20-23-18(13-30-20)14-8-10-15(11-9-14)24-32(26,27)16-6-4-3-5-7-16/h3-13,24H,1-2H3. The number of ether oxygens (including phenoxy) is 1. The molecule has 1 N–H and O–H groups in total. The van der Waals surface area contributed by atoms with Crippen molar-refractivity contribution in [1.29, 1.82) is 0 Å². The lowest BCUT2D eigenvalue weighted by Gasteiger charge is -2.08. The largest absolute Gasteiger partial charge is 0.465 e. The summed E-state index contributed by atoms with van der Waals surface area (Å²) >= 11 is 4.44. The van der Waals surface area contributed by atoms with Gasteiger partial charge in [-0.05, 0) is 36.6 Å². The summed E-state index contributed by atoms with van der Waals surface area (Å²) in [7, 11) is -2.27. The van der Waals surface area contributed by atoms with Crippen molar-refractivity contribution in [1.82, 2.24) is 4.98 Å². The molecule has 0 radical (unpaired) electrons. The molecule has 0 aliphatic carbocycles. The lowest BCUT2D eigenvalue weighted by molar-refractivity contribution is 0.0606. The average Bonchev–Trinajstić information content (AvgIpc) is 3.46. The Morgan fingerprint density at radius 2 is 1.81 bits per heavy atom. The molecular weight excluding hydrogens is 485 g/mol. The molecular formula is C22H18N2O4S4. The Balaban J connectivity index is 1.56. The highest BCUT2D eigenvalue weighted by atomic mass is 32.2. The number of benzene rings is 2. The summed E-state index contributed by atoms with van der Waals surface area (Å²) in [4.78, 5) is 17.4. The molecule has 32 heavy (non-hydrogen) atoms. The molecule has 10 heteroatoms. The van der Waals surface area contributed by atoms with Crippen molar-refractivity contribution in [2.75, 3.05) is 18.1 Å². The molecule has 2 aromatic heterocycles. The fraction of sp³-hybridized carbons (Fsp3) is 0.0909. The van der Waals surface area contributed by atoms with Crippen LogP contribution in [0.15, 0.2) is 75.1 Å². The number of anilines is 1. The molecule has 4 rings (SSSR count). The molecule has 0 atom stereocenters. The first-order valence-electron chi connectivity index (χ1n) is 9.31. The number of esters is 1.